The van der Waals surface area contributed by atoms with E-state index >= 15 is 0 Å². The van der Waals surface area contributed by atoms with Crippen molar-refractivity contribution in [2.75, 3.05) is 6.61 Å². The van der Waals surface area contributed by atoms with Crippen molar-refractivity contribution in [3.63, 3.8) is 0 Å². The molecule has 64 valence electrons. The van der Waals surface area contributed by atoms with Gasteiger partial charge in [0, 0.05) is 6.61 Å². The molecule has 0 radical (unpaired) electrons. The lowest BCUT2D eigenvalue weighted by molar-refractivity contribution is -0.139. The molecular formula is C7H13NO3. The van der Waals surface area contributed by atoms with Crippen molar-refractivity contribution in [2.24, 2.45) is 5.73 Å². The average Bonchev–Trinajstić information content (AvgIpc) is 2.39. The molecule has 1 saturated heterocycles. The predicted octanol–water partition coefficient (Wildman–Crippen LogP) is -0.0326. The van der Waals surface area contributed by atoms with Crippen LogP contribution in [-0.2, 0) is 9.53 Å². The quantitative estimate of drug-likeness (QED) is 0.606. The summed E-state index contributed by atoms with van der Waals surface area (Å²) in [5.41, 5.74) is 5.32. The summed E-state index contributed by atoms with van der Waals surface area (Å²) in [6.07, 6.45) is 2.48. The number of rotatable bonds is 3. The minimum Gasteiger partial charge on any atom is -0.480 e. The maximum atomic E-state index is 10.3. The van der Waals surface area contributed by atoms with E-state index in [1.54, 1.807) is 0 Å². The Morgan fingerprint density at radius 2 is 2.55 bits per heavy atom. The molecule has 1 heterocycles. The van der Waals surface area contributed by atoms with Gasteiger partial charge in [0.15, 0.2) is 0 Å². The van der Waals surface area contributed by atoms with Crippen molar-refractivity contribution in [1.82, 2.24) is 0 Å². The van der Waals surface area contributed by atoms with Gasteiger partial charge < -0.3 is 15.6 Å². The largest absolute Gasteiger partial charge is 0.480 e. The van der Waals surface area contributed by atoms with Crippen LogP contribution in [0.4, 0.5) is 0 Å². The highest BCUT2D eigenvalue weighted by atomic mass is 16.5. The topological polar surface area (TPSA) is 72.5 Å². The van der Waals surface area contributed by atoms with Crippen LogP contribution >= 0.6 is 0 Å². The van der Waals surface area contributed by atoms with Crippen LogP contribution < -0.4 is 5.73 Å². The Morgan fingerprint density at radius 3 is 3.00 bits per heavy atom. The van der Waals surface area contributed by atoms with Crippen molar-refractivity contribution in [2.45, 2.75) is 31.4 Å². The number of aliphatic carboxylic acids is 1. The summed E-state index contributed by atoms with van der Waals surface area (Å²) in [6.45, 7) is 0.747. The van der Waals surface area contributed by atoms with Gasteiger partial charge in [-0.1, -0.05) is 0 Å². The molecule has 0 amide bonds. The molecule has 3 N–H and O–H groups in total. The van der Waals surface area contributed by atoms with Gasteiger partial charge >= 0.3 is 5.97 Å². The maximum Gasteiger partial charge on any atom is 0.320 e. The van der Waals surface area contributed by atoms with Crippen molar-refractivity contribution in [3.05, 3.63) is 0 Å². The van der Waals surface area contributed by atoms with E-state index in [1.807, 2.05) is 0 Å². The summed E-state index contributed by atoms with van der Waals surface area (Å²) in [6, 6.07) is -0.766. The van der Waals surface area contributed by atoms with E-state index in [2.05, 4.69) is 0 Å². The first-order chi connectivity index (χ1) is 5.20. The molecule has 0 aromatic rings. The molecule has 1 unspecified atom stereocenters. The van der Waals surface area contributed by atoms with Crippen LogP contribution in [0.15, 0.2) is 0 Å². The van der Waals surface area contributed by atoms with Gasteiger partial charge in [0.1, 0.15) is 6.04 Å². The third-order valence-electron chi connectivity index (χ3n) is 1.86. The zero-order valence-corrected chi connectivity index (χ0v) is 6.32. The Kier molecular flexibility index (Phi) is 2.84. The van der Waals surface area contributed by atoms with Crippen molar-refractivity contribution >= 4 is 5.97 Å². The summed E-state index contributed by atoms with van der Waals surface area (Å²) in [7, 11) is 0. The van der Waals surface area contributed by atoms with Crippen LogP contribution in [0.5, 0.6) is 0 Å². The van der Waals surface area contributed by atoms with Crippen molar-refractivity contribution in [1.29, 1.82) is 0 Å². The monoisotopic (exact) mass is 159 g/mol. The molecule has 0 spiro atoms. The first-order valence-electron chi connectivity index (χ1n) is 3.80. The second-order valence-corrected chi connectivity index (χ2v) is 2.82. The molecule has 4 heteroatoms. The van der Waals surface area contributed by atoms with Crippen molar-refractivity contribution < 1.29 is 14.6 Å². The van der Waals surface area contributed by atoms with E-state index in [9.17, 15) is 4.79 Å². The summed E-state index contributed by atoms with van der Waals surface area (Å²) in [4.78, 5) is 10.3. The van der Waals surface area contributed by atoms with Crippen LogP contribution in [0.3, 0.4) is 0 Å². The van der Waals surface area contributed by atoms with Crippen LogP contribution in [0, 0.1) is 0 Å². The second kappa shape index (κ2) is 3.69. The predicted molar refractivity (Wildman–Crippen MR) is 39.2 cm³/mol. The lowest BCUT2D eigenvalue weighted by atomic mass is 10.1. The lowest BCUT2D eigenvalue weighted by Gasteiger charge is -2.11. The van der Waals surface area contributed by atoms with E-state index in [0.29, 0.717) is 6.42 Å². The van der Waals surface area contributed by atoms with Gasteiger partial charge in [0.25, 0.3) is 0 Å². The van der Waals surface area contributed by atoms with Gasteiger partial charge in [0.2, 0.25) is 0 Å². The number of ether oxygens (including phenoxy) is 1. The molecule has 2 atom stereocenters. The Hall–Kier alpha value is -0.610. The Labute approximate surface area is 65.3 Å². The van der Waals surface area contributed by atoms with Gasteiger partial charge in [-0.3, -0.25) is 4.79 Å². The van der Waals surface area contributed by atoms with Gasteiger partial charge in [-0.05, 0) is 19.3 Å². The van der Waals surface area contributed by atoms with E-state index in [1.165, 1.54) is 0 Å². The molecule has 0 aliphatic carbocycles. The molecular weight excluding hydrogens is 146 g/mol. The first-order valence-corrected chi connectivity index (χ1v) is 3.80. The van der Waals surface area contributed by atoms with Crippen LogP contribution in [0.1, 0.15) is 19.3 Å². The van der Waals surface area contributed by atoms with E-state index in [4.69, 9.17) is 15.6 Å². The molecule has 1 aliphatic rings. The minimum absolute atomic E-state index is 0.0705. The van der Waals surface area contributed by atoms with E-state index < -0.39 is 12.0 Å². The number of hydrogen-bond acceptors (Lipinski definition) is 3. The highest BCUT2D eigenvalue weighted by molar-refractivity contribution is 5.73. The fraction of sp³-hybridized carbons (Fsp3) is 0.857. The molecule has 11 heavy (non-hydrogen) atoms. The second-order valence-electron chi connectivity index (χ2n) is 2.82. The van der Waals surface area contributed by atoms with Gasteiger partial charge in [0.05, 0.1) is 6.10 Å². The molecule has 0 saturated carbocycles. The number of hydrogen-bond donors (Lipinski definition) is 2. The zero-order valence-electron chi connectivity index (χ0n) is 6.32. The minimum atomic E-state index is -0.944. The fourth-order valence-corrected chi connectivity index (χ4v) is 1.21. The van der Waals surface area contributed by atoms with Crippen molar-refractivity contribution in [3.8, 4) is 0 Å². The molecule has 0 bridgehead atoms. The SMILES string of the molecule is NC(C[C@@H]1CCCO1)C(=O)O. The van der Waals surface area contributed by atoms with Gasteiger partial charge in [-0.15, -0.1) is 0 Å². The first kappa shape index (κ1) is 8.49. The fourth-order valence-electron chi connectivity index (χ4n) is 1.21. The highest BCUT2D eigenvalue weighted by Gasteiger charge is 2.21. The van der Waals surface area contributed by atoms with Gasteiger partial charge in [-0.2, -0.15) is 0 Å². The van der Waals surface area contributed by atoms with Crippen LogP contribution in [-0.4, -0.2) is 29.8 Å². The molecule has 1 fully saturated rings. The number of carbonyl (C=O) groups is 1. The molecule has 1 aliphatic heterocycles. The summed E-state index contributed by atoms with van der Waals surface area (Å²) in [5.74, 6) is -0.944. The standard InChI is InChI=1S/C7H13NO3/c8-6(7(9)10)4-5-2-1-3-11-5/h5-6H,1-4,8H2,(H,9,10)/t5-,6?/m0/s1. The van der Waals surface area contributed by atoms with Gasteiger partial charge in [-0.25, -0.2) is 0 Å². The van der Waals surface area contributed by atoms with Crippen LogP contribution in [0.2, 0.25) is 0 Å². The summed E-state index contributed by atoms with van der Waals surface area (Å²) >= 11 is 0. The molecule has 0 aromatic carbocycles. The zero-order chi connectivity index (χ0) is 8.27. The average molecular weight is 159 g/mol. The lowest BCUT2D eigenvalue weighted by Crippen LogP contribution is -2.33. The van der Waals surface area contributed by atoms with Crippen LogP contribution in [0.25, 0.3) is 0 Å². The number of nitrogens with two attached hydrogens (primary N) is 1. The summed E-state index contributed by atoms with van der Waals surface area (Å²) < 4.78 is 5.23. The highest BCUT2D eigenvalue weighted by Crippen LogP contribution is 2.16. The maximum absolute atomic E-state index is 10.3. The van der Waals surface area contributed by atoms with E-state index in [-0.39, 0.29) is 6.10 Å². The third kappa shape index (κ3) is 2.48. The molecule has 0 aromatic heterocycles. The normalized spacial score (nSPS) is 26.8. The van der Waals surface area contributed by atoms with E-state index in [0.717, 1.165) is 19.4 Å². The summed E-state index contributed by atoms with van der Waals surface area (Å²) in [5, 5.41) is 8.46. The smallest absolute Gasteiger partial charge is 0.320 e. The Balaban J connectivity index is 2.23. The Morgan fingerprint density at radius 1 is 1.82 bits per heavy atom. The third-order valence-corrected chi connectivity index (χ3v) is 1.86. The number of carboxylic acid groups (broad SMARTS) is 1. The number of carboxylic acids is 1. The Bertz CT molecular complexity index is 143. The molecule has 1 rings (SSSR count). The molecule has 4 nitrogen and oxygen atoms in total.